The highest BCUT2D eigenvalue weighted by Gasteiger charge is 2.16. The number of nitrogens with zero attached hydrogens (tertiary/aromatic N) is 2. The summed E-state index contributed by atoms with van der Waals surface area (Å²) in [6.45, 7) is 0.0247. The summed E-state index contributed by atoms with van der Waals surface area (Å²) in [7, 11) is 3.90. The number of hydrogen-bond acceptors (Lipinski definition) is 5. The van der Waals surface area contributed by atoms with E-state index in [1.165, 1.54) is 18.2 Å². The Morgan fingerprint density at radius 2 is 1.92 bits per heavy atom. The van der Waals surface area contributed by atoms with Gasteiger partial charge >= 0.3 is 5.69 Å². The van der Waals surface area contributed by atoms with Crippen LogP contribution in [0.3, 0.4) is 0 Å². The molecular formula is C17H18ClN3O4. The van der Waals surface area contributed by atoms with Gasteiger partial charge in [0.1, 0.15) is 0 Å². The number of ether oxygens (including phenoxy) is 1. The second-order valence-corrected chi connectivity index (χ2v) is 5.93. The van der Waals surface area contributed by atoms with Crippen molar-refractivity contribution in [2.45, 2.75) is 6.54 Å². The van der Waals surface area contributed by atoms with Crippen LogP contribution in [-0.2, 0) is 11.3 Å². The maximum atomic E-state index is 11.9. The number of nitro benzene ring substituents is 1. The molecule has 0 aliphatic heterocycles. The van der Waals surface area contributed by atoms with Gasteiger partial charge in [-0.3, -0.25) is 14.9 Å². The summed E-state index contributed by atoms with van der Waals surface area (Å²) in [5.41, 5.74) is 1.73. The van der Waals surface area contributed by atoms with Gasteiger partial charge in [-0.05, 0) is 29.8 Å². The van der Waals surface area contributed by atoms with Crippen molar-refractivity contribution in [2.24, 2.45) is 0 Å². The van der Waals surface area contributed by atoms with E-state index in [9.17, 15) is 14.9 Å². The third-order valence-electron chi connectivity index (χ3n) is 3.42. The molecule has 0 aromatic heterocycles. The minimum Gasteiger partial charge on any atom is -0.477 e. The minimum atomic E-state index is -0.606. The van der Waals surface area contributed by atoms with Gasteiger partial charge in [-0.25, -0.2) is 0 Å². The van der Waals surface area contributed by atoms with Crippen molar-refractivity contribution in [3.63, 3.8) is 0 Å². The molecule has 0 heterocycles. The fraction of sp³-hybridized carbons (Fsp3) is 0.235. The lowest BCUT2D eigenvalue weighted by molar-refractivity contribution is -0.385. The smallest absolute Gasteiger partial charge is 0.312 e. The molecule has 0 radical (unpaired) electrons. The van der Waals surface area contributed by atoms with Gasteiger partial charge in [0, 0.05) is 37.4 Å². The lowest BCUT2D eigenvalue weighted by Crippen LogP contribution is -2.28. The third-order valence-corrected chi connectivity index (χ3v) is 3.65. The predicted octanol–water partition coefficient (Wildman–Crippen LogP) is 3.01. The number of halogens is 1. The van der Waals surface area contributed by atoms with Gasteiger partial charge in [0.2, 0.25) is 0 Å². The summed E-state index contributed by atoms with van der Waals surface area (Å²) in [5.74, 6) is -0.374. The van der Waals surface area contributed by atoms with Crippen LogP contribution in [-0.4, -0.2) is 31.5 Å². The third kappa shape index (κ3) is 5.36. The molecule has 0 bridgehead atoms. The zero-order chi connectivity index (χ0) is 18.4. The van der Waals surface area contributed by atoms with E-state index in [2.05, 4.69) is 5.32 Å². The molecule has 0 aliphatic carbocycles. The molecule has 2 aromatic rings. The Labute approximate surface area is 150 Å². The van der Waals surface area contributed by atoms with Crippen molar-refractivity contribution in [1.29, 1.82) is 0 Å². The number of rotatable bonds is 7. The van der Waals surface area contributed by atoms with Crippen molar-refractivity contribution in [3.8, 4) is 5.75 Å². The Bertz CT molecular complexity index is 763. The zero-order valence-corrected chi connectivity index (χ0v) is 14.6. The summed E-state index contributed by atoms with van der Waals surface area (Å²) in [5, 5.41) is 13.9. The number of carbonyl (C=O) groups excluding carboxylic acids is 1. The molecule has 1 amide bonds. The summed E-state index contributed by atoms with van der Waals surface area (Å²) < 4.78 is 5.24. The van der Waals surface area contributed by atoms with Crippen LogP contribution in [0.4, 0.5) is 11.4 Å². The Kier molecular flexibility index (Phi) is 6.19. The monoisotopic (exact) mass is 363 g/mol. The van der Waals surface area contributed by atoms with Gasteiger partial charge in [-0.2, -0.15) is 0 Å². The molecule has 7 nitrogen and oxygen atoms in total. The molecule has 2 aromatic carbocycles. The first kappa shape index (κ1) is 18.5. The van der Waals surface area contributed by atoms with Crippen LogP contribution >= 0.6 is 11.6 Å². The first-order chi connectivity index (χ1) is 11.9. The summed E-state index contributed by atoms with van der Waals surface area (Å²) in [4.78, 5) is 24.2. The van der Waals surface area contributed by atoms with Crippen molar-refractivity contribution in [1.82, 2.24) is 5.32 Å². The Hall–Kier alpha value is -2.80. The molecule has 2 rings (SSSR count). The van der Waals surface area contributed by atoms with E-state index < -0.39 is 4.92 Å². The molecule has 0 spiro atoms. The number of anilines is 1. The second kappa shape index (κ2) is 8.34. The lowest BCUT2D eigenvalue weighted by Gasteiger charge is -2.13. The van der Waals surface area contributed by atoms with Crippen molar-refractivity contribution in [2.75, 3.05) is 25.6 Å². The maximum Gasteiger partial charge on any atom is 0.312 e. The molecule has 0 fully saturated rings. The van der Waals surface area contributed by atoms with E-state index in [-0.39, 0.29) is 29.0 Å². The predicted molar refractivity (Wildman–Crippen MR) is 96.2 cm³/mol. The molecule has 0 aliphatic rings. The highest BCUT2D eigenvalue weighted by molar-refractivity contribution is 6.30. The molecule has 0 saturated carbocycles. The summed E-state index contributed by atoms with van der Waals surface area (Å²) in [6, 6.07) is 11.8. The average Bonchev–Trinajstić information content (AvgIpc) is 2.59. The largest absolute Gasteiger partial charge is 0.477 e. The van der Waals surface area contributed by atoms with Crippen molar-refractivity contribution >= 4 is 28.9 Å². The van der Waals surface area contributed by atoms with Crippen LogP contribution in [0.1, 0.15) is 5.56 Å². The quantitative estimate of drug-likeness (QED) is 0.603. The van der Waals surface area contributed by atoms with E-state index in [0.29, 0.717) is 6.54 Å². The van der Waals surface area contributed by atoms with E-state index in [1.807, 2.05) is 43.3 Å². The highest BCUT2D eigenvalue weighted by atomic mass is 35.5. The number of benzene rings is 2. The van der Waals surface area contributed by atoms with Crippen LogP contribution < -0.4 is 15.0 Å². The van der Waals surface area contributed by atoms with Gasteiger partial charge in [0.15, 0.2) is 12.4 Å². The number of carbonyl (C=O) groups is 1. The molecule has 8 heteroatoms. The summed E-state index contributed by atoms with van der Waals surface area (Å²) in [6.07, 6.45) is 0. The van der Waals surface area contributed by atoms with Gasteiger partial charge in [0.25, 0.3) is 5.91 Å². The first-order valence-corrected chi connectivity index (χ1v) is 7.84. The minimum absolute atomic E-state index is 0.000106. The van der Waals surface area contributed by atoms with E-state index in [4.69, 9.17) is 16.3 Å². The SMILES string of the molecule is CN(C)c1ccc(CNC(=O)COc2ccc(Cl)cc2[N+](=O)[O-])cc1. The van der Waals surface area contributed by atoms with Gasteiger partial charge in [-0.15, -0.1) is 0 Å². The number of nitrogens with one attached hydrogen (secondary N) is 1. The molecule has 1 N–H and O–H groups in total. The molecule has 25 heavy (non-hydrogen) atoms. The second-order valence-electron chi connectivity index (χ2n) is 5.50. The molecule has 132 valence electrons. The maximum absolute atomic E-state index is 11.9. The molecular weight excluding hydrogens is 346 g/mol. The van der Waals surface area contributed by atoms with E-state index in [0.717, 1.165) is 11.3 Å². The van der Waals surface area contributed by atoms with E-state index >= 15 is 0 Å². The lowest BCUT2D eigenvalue weighted by atomic mass is 10.2. The van der Waals surface area contributed by atoms with Crippen LogP contribution in [0.15, 0.2) is 42.5 Å². The standard InChI is InChI=1S/C17H18ClN3O4/c1-20(2)14-6-3-12(4-7-14)10-19-17(22)11-25-16-8-5-13(18)9-15(16)21(23)24/h3-9H,10-11H2,1-2H3,(H,19,22). The Balaban J connectivity index is 1.88. The molecule has 0 saturated heterocycles. The van der Waals surface area contributed by atoms with Crippen LogP contribution in [0.2, 0.25) is 5.02 Å². The number of amides is 1. The normalized spacial score (nSPS) is 10.2. The van der Waals surface area contributed by atoms with Crippen molar-refractivity contribution in [3.05, 3.63) is 63.2 Å². The van der Waals surface area contributed by atoms with Crippen molar-refractivity contribution < 1.29 is 14.5 Å². The Morgan fingerprint density at radius 1 is 1.24 bits per heavy atom. The fourth-order valence-electron chi connectivity index (χ4n) is 2.06. The highest BCUT2D eigenvalue weighted by Crippen LogP contribution is 2.29. The Morgan fingerprint density at radius 3 is 2.52 bits per heavy atom. The number of nitro groups is 1. The molecule has 0 unspecified atom stereocenters. The average molecular weight is 364 g/mol. The van der Waals surface area contributed by atoms with Crippen LogP contribution in [0, 0.1) is 10.1 Å². The van der Waals surface area contributed by atoms with Gasteiger partial charge in [-0.1, -0.05) is 23.7 Å². The zero-order valence-electron chi connectivity index (χ0n) is 13.9. The summed E-state index contributed by atoms with van der Waals surface area (Å²) >= 11 is 5.73. The van der Waals surface area contributed by atoms with Gasteiger partial charge in [0.05, 0.1) is 4.92 Å². The van der Waals surface area contributed by atoms with E-state index in [1.54, 1.807) is 0 Å². The topological polar surface area (TPSA) is 84.7 Å². The first-order valence-electron chi connectivity index (χ1n) is 7.46. The number of hydrogen-bond donors (Lipinski definition) is 1. The molecule has 0 atom stereocenters. The van der Waals surface area contributed by atoms with Crippen LogP contribution in [0.25, 0.3) is 0 Å². The van der Waals surface area contributed by atoms with Gasteiger partial charge < -0.3 is 15.0 Å². The van der Waals surface area contributed by atoms with Crippen LogP contribution in [0.5, 0.6) is 5.75 Å². The fourth-order valence-corrected chi connectivity index (χ4v) is 2.23.